The Labute approximate surface area is 157 Å². The Balaban J connectivity index is 2.10. The van der Waals surface area contributed by atoms with E-state index in [1.54, 1.807) is 29.4 Å². The van der Waals surface area contributed by atoms with Gasteiger partial charge in [-0.05, 0) is 65.4 Å². The minimum atomic E-state index is -1.04. The summed E-state index contributed by atoms with van der Waals surface area (Å²) in [6.07, 6.45) is 5.00. The fourth-order valence-electron chi connectivity index (χ4n) is 2.35. The van der Waals surface area contributed by atoms with Gasteiger partial charge in [-0.15, -0.1) is 0 Å². The third-order valence-corrected chi connectivity index (χ3v) is 4.53. The molecule has 1 heterocycles. The molecule has 7 heteroatoms. The summed E-state index contributed by atoms with van der Waals surface area (Å²) in [5.41, 5.74) is 3.11. The first kappa shape index (κ1) is 16.8. The predicted octanol–water partition coefficient (Wildman–Crippen LogP) is 4.88. The summed E-state index contributed by atoms with van der Waals surface area (Å²) in [6, 6.07) is 9.07. The number of carboxylic acids is 1. The van der Waals surface area contributed by atoms with Crippen molar-refractivity contribution in [3.8, 4) is 5.69 Å². The number of aromatic carboxylic acids is 1. The normalized spacial score (nSPS) is 10.6. The van der Waals surface area contributed by atoms with Crippen LogP contribution in [0.5, 0.6) is 0 Å². The molecule has 2 aromatic carbocycles. The van der Waals surface area contributed by atoms with Crippen LogP contribution in [0.4, 0.5) is 11.4 Å². The number of rotatable bonds is 4. The van der Waals surface area contributed by atoms with Gasteiger partial charge in [0.05, 0.1) is 28.3 Å². The van der Waals surface area contributed by atoms with E-state index in [0.29, 0.717) is 16.4 Å². The van der Waals surface area contributed by atoms with Crippen LogP contribution in [-0.4, -0.2) is 20.6 Å². The average molecular weight is 454 g/mol. The lowest BCUT2D eigenvalue weighted by Gasteiger charge is -2.15. The molecule has 0 aliphatic rings. The number of nitrogens with zero attached hydrogens (tertiary/aromatic N) is 2. The van der Waals surface area contributed by atoms with Crippen LogP contribution < -0.4 is 5.32 Å². The second-order valence-corrected chi connectivity index (χ2v) is 6.86. The molecule has 0 radical (unpaired) electrons. The highest BCUT2D eigenvalue weighted by atomic mass is 127. The van der Waals surface area contributed by atoms with Gasteiger partial charge in [0, 0.05) is 21.7 Å². The Bertz CT molecular complexity index is 910. The molecule has 0 aliphatic heterocycles. The molecule has 122 valence electrons. The maximum absolute atomic E-state index is 11.6. The number of benzene rings is 2. The molecule has 3 aromatic rings. The fraction of sp³-hybridized carbons (Fsp3) is 0.0588. The first-order chi connectivity index (χ1) is 11.5. The molecular formula is C17H13ClIN3O2. The lowest BCUT2D eigenvalue weighted by atomic mass is 10.1. The Morgan fingerprint density at radius 3 is 2.71 bits per heavy atom. The molecule has 0 saturated heterocycles. The molecule has 0 unspecified atom stereocenters. The van der Waals surface area contributed by atoms with Gasteiger partial charge in [-0.3, -0.25) is 0 Å². The summed E-state index contributed by atoms with van der Waals surface area (Å²) in [5, 5.41) is 13.0. The number of carboxylic acid groups (broad SMARTS) is 1. The highest BCUT2D eigenvalue weighted by molar-refractivity contribution is 14.1. The van der Waals surface area contributed by atoms with E-state index in [2.05, 4.69) is 32.9 Å². The molecule has 0 aliphatic carbocycles. The predicted molar refractivity (Wildman–Crippen MR) is 103 cm³/mol. The van der Waals surface area contributed by atoms with Gasteiger partial charge in [-0.1, -0.05) is 11.6 Å². The smallest absolute Gasteiger partial charge is 0.337 e. The zero-order valence-electron chi connectivity index (χ0n) is 12.6. The first-order valence-corrected chi connectivity index (χ1v) is 8.49. The Morgan fingerprint density at radius 2 is 2.08 bits per heavy atom. The van der Waals surface area contributed by atoms with E-state index in [-0.39, 0.29) is 5.56 Å². The highest BCUT2D eigenvalue weighted by Crippen LogP contribution is 2.31. The molecule has 0 fully saturated rings. The zero-order valence-corrected chi connectivity index (χ0v) is 15.5. The Kier molecular flexibility index (Phi) is 4.77. The summed E-state index contributed by atoms with van der Waals surface area (Å²) in [4.78, 5) is 15.6. The summed E-state index contributed by atoms with van der Waals surface area (Å²) in [6.45, 7) is 1.97. The molecule has 0 bridgehead atoms. The van der Waals surface area contributed by atoms with Gasteiger partial charge >= 0.3 is 5.97 Å². The average Bonchev–Trinajstić information content (AvgIpc) is 3.05. The van der Waals surface area contributed by atoms with Crippen molar-refractivity contribution in [3.05, 3.63) is 68.8 Å². The van der Waals surface area contributed by atoms with E-state index >= 15 is 0 Å². The van der Waals surface area contributed by atoms with Crippen molar-refractivity contribution in [3.63, 3.8) is 0 Å². The quantitative estimate of drug-likeness (QED) is 0.553. The third-order valence-electron chi connectivity index (χ3n) is 3.56. The minimum Gasteiger partial charge on any atom is -0.478 e. The van der Waals surface area contributed by atoms with E-state index < -0.39 is 5.97 Å². The second kappa shape index (κ2) is 6.82. The largest absolute Gasteiger partial charge is 0.478 e. The van der Waals surface area contributed by atoms with Gasteiger partial charge in [0.1, 0.15) is 0 Å². The third kappa shape index (κ3) is 3.39. The van der Waals surface area contributed by atoms with E-state index in [4.69, 9.17) is 11.6 Å². The van der Waals surface area contributed by atoms with Crippen LogP contribution in [0.15, 0.2) is 49.1 Å². The van der Waals surface area contributed by atoms with E-state index in [9.17, 15) is 9.90 Å². The van der Waals surface area contributed by atoms with Crippen LogP contribution in [0.3, 0.4) is 0 Å². The van der Waals surface area contributed by atoms with Gasteiger partial charge < -0.3 is 15.0 Å². The van der Waals surface area contributed by atoms with Crippen LogP contribution >= 0.6 is 34.2 Å². The summed E-state index contributed by atoms with van der Waals surface area (Å²) in [5.74, 6) is -1.04. The summed E-state index contributed by atoms with van der Waals surface area (Å²) >= 11 is 8.49. The number of anilines is 2. The zero-order chi connectivity index (χ0) is 17.3. The number of aryl methyl sites for hydroxylation is 1. The summed E-state index contributed by atoms with van der Waals surface area (Å²) < 4.78 is 2.85. The number of imidazole rings is 1. The maximum Gasteiger partial charge on any atom is 0.337 e. The minimum absolute atomic E-state index is 0.113. The van der Waals surface area contributed by atoms with Crippen LogP contribution in [0.1, 0.15) is 15.9 Å². The second-order valence-electron chi connectivity index (χ2n) is 5.21. The van der Waals surface area contributed by atoms with Crippen molar-refractivity contribution < 1.29 is 9.90 Å². The van der Waals surface area contributed by atoms with Crippen molar-refractivity contribution in [1.82, 2.24) is 9.55 Å². The number of hydrogen-bond donors (Lipinski definition) is 2. The number of nitrogens with one attached hydrogen (secondary N) is 1. The molecule has 0 saturated carbocycles. The monoisotopic (exact) mass is 453 g/mol. The van der Waals surface area contributed by atoms with Gasteiger partial charge in [-0.2, -0.15) is 0 Å². The molecule has 1 aromatic heterocycles. The van der Waals surface area contributed by atoms with Crippen molar-refractivity contribution in [2.75, 3.05) is 5.32 Å². The number of halogens is 2. The van der Waals surface area contributed by atoms with Crippen LogP contribution in [0.2, 0.25) is 5.02 Å². The number of hydrogen-bond acceptors (Lipinski definition) is 3. The molecular weight excluding hydrogens is 441 g/mol. The lowest BCUT2D eigenvalue weighted by molar-refractivity contribution is 0.0698. The highest BCUT2D eigenvalue weighted by Gasteiger charge is 2.16. The van der Waals surface area contributed by atoms with Crippen LogP contribution in [-0.2, 0) is 0 Å². The first-order valence-electron chi connectivity index (χ1n) is 7.04. The fourth-order valence-corrected chi connectivity index (χ4v) is 3.26. The lowest BCUT2D eigenvalue weighted by Crippen LogP contribution is -2.06. The molecule has 5 nitrogen and oxygen atoms in total. The Morgan fingerprint density at radius 1 is 1.29 bits per heavy atom. The van der Waals surface area contributed by atoms with Gasteiger partial charge in [0.25, 0.3) is 0 Å². The van der Waals surface area contributed by atoms with Crippen molar-refractivity contribution in [1.29, 1.82) is 0 Å². The standard InChI is InChI=1S/C17H13ClIN3O2/c1-10-6-11(19)2-3-14(10)21-15-8-16(22-5-4-20-9-22)13(18)7-12(15)17(23)24/h2-9,21H,1H3,(H,23,24). The van der Waals surface area contributed by atoms with Gasteiger partial charge in [0.2, 0.25) is 0 Å². The summed E-state index contributed by atoms with van der Waals surface area (Å²) in [7, 11) is 0. The SMILES string of the molecule is Cc1cc(I)ccc1Nc1cc(-n2ccnc2)c(Cl)cc1C(=O)O. The molecule has 0 amide bonds. The van der Waals surface area contributed by atoms with Crippen LogP contribution in [0.25, 0.3) is 5.69 Å². The van der Waals surface area contributed by atoms with Crippen molar-refractivity contribution in [2.45, 2.75) is 6.92 Å². The molecule has 2 N–H and O–H groups in total. The molecule has 24 heavy (non-hydrogen) atoms. The van der Waals surface area contributed by atoms with Crippen molar-refractivity contribution in [2.24, 2.45) is 0 Å². The van der Waals surface area contributed by atoms with E-state index in [1.807, 2.05) is 25.1 Å². The van der Waals surface area contributed by atoms with Crippen LogP contribution in [0, 0.1) is 10.5 Å². The molecule has 0 atom stereocenters. The van der Waals surface area contributed by atoms with Gasteiger partial charge in [-0.25, -0.2) is 9.78 Å². The maximum atomic E-state index is 11.6. The topological polar surface area (TPSA) is 67.2 Å². The van der Waals surface area contributed by atoms with Crippen molar-refractivity contribution >= 4 is 51.5 Å². The molecule has 0 spiro atoms. The number of aromatic nitrogens is 2. The Hall–Kier alpha value is -2.06. The van der Waals surface area contributed by atoms with Gasteiger partial charge in [0.15, 0.2) is 0 Å². The number of carbonyl (C=O) groups is 1. The van der Waals surface area contributed by atoms with E-state index in [1.165, 1.54) is 6.07 Å². The van der Waals surface area contributed by atoms with E-state index in [0.717, 1.165) is 14.8 Å². The molecule has 3 rings (SSSR count).